The lowest BCUT2D eigenvalue weighted by atomic mass is 10.1. The van der Waals surface area contributed by atoms with E-state index in [0.717, 1.165) is 5.56 Å². The summed E-state index contributed by atoms with van der Waals surface area (Å²) in [5, 5.41) is 14.6. The van der Waals surface area contributed by atoms with Gasteiger partial charge < -0.3 is 25.4 Å². The van der Waals surface area contributed by atoms with Crippen LogP contribution in [-0.4, -0.2) is 103 Å². The van der Waals surface area contributed by atoms with E-state index in [4.69, 9.17) is 9.84 Å². The summed E-state index contributed by atoms with van der Waals surface area (Å²) in [7, 11) is 1.49. The average Bonchev–Trinajstić information content (AvgIpc) is 3.27. The molecule has 0 spiro atoms. The summed E-state index contributed by atoms with van der Waals surface area (Å²) >= 11 is 0. The Bertz CT molecular complexity index is 1190. The Labute approximate surface area is 227 Å². The van der Waals surface area contributed by atoms with E-state index in [2.05, 4.69) is 15.5 Å². The molecule has 2 saturated heterocycles. The first-order valence-electron chi connectivity index (χ1n) is 13.1. The number of anilines is 2. The summed E-state index contributed by atoms with van der Waals surface area (Å²) < 4.78 is 19.9. The molecule has 2 atom stereocenters. The lowest BCUT2D eigenvalue weighted by Crippen LogP contribution is -2.52. The number of carboxylic acid groups (broad SMARTS) is 1. The molecule has 11 heteroatoms. The lowest BCUT2D eigenvalue weighted by molar-refractivity contribution is -0.139. The molecule has 1 unspecified atom stereocenters. The predicted octanol–water partition coefficient (Wildman–Crippen LogP) is 2.83. The zero-order valence-corrected chi connectivity index (χ0v) is 22.4. The molecule has 3 N–H and O–H groups in total. The highest BCUT2D eigenvalue weighted by Crippen LogP contribution is 2.28. The molecule has 210 valence electrons. The van der Waals surface area contributed by atoms with Gasteiger partial charge in [0.25, 0.3) is 0 Å². The number of aryl methyl sites for hydroxylation is 1. The van der Waals surface area contributed by atoms with Crippen molar-refractivity contribution in [2.75, 3.05) is 63.6 Å². The number of carbonyl (C=O) groups is 3. The van der Waals surface area contributed by atoms with Gasteiger partial charge in [-0.15, -0.1) is 0 Å². The zero-order chi connectivity index (χ0) is 27.9. The molecule has 2 aromatic rings. The number of alkyl halides is 1. The van der Waals surface area contributed by atoms with Gasteiger partial charge in [0.05, 0.1) is 32.3 Å². The Morgan fingerprint density at radius 3 is 2.41 bits per heavy atom. The van der Waals surface area contributed by atoms with Crippen molar-refractivity contribution in [3.05, 3.63) is 53.6 Å². The first kappa shape index (κ1) is 28.3. The lowest BCUT2D eigenvalue weighted by Gasteiger charge is -2.36. The molecule has 2 fully saturated rings. The van der Waals surface area contributed by atoms with E-state index in [1.54, 1.807) is 23.1 Å². The molecule has 0 bridgehead atoms. The first-order valence-corrected chi connectivity index (χ1v) is 13.1. The maximum atomic E-state index is 14.4. The number of amides is 3. The molecule has 0 aliphatic carbocycles. The van der Waals surface area contributed by atoms with Crippen molar-refractivity contribution in [1.29, 1.82) is 0 Å². The topological polar surface area (TPSA) is 114 Å². The van der Waals surface area contributed by atoms with Gasteiger partial charge in [0.15, 0.2) is 0 Å². The Kier molecular flexibility index (Phi) is 9.36. The van der Waals surface area contributed by atoms with Crippen LogP contribution >= 0.6 is 0 Å². The number of carbonyl (C=O) groups excluding carboxylic acids is 2. The number of rotatable bonds is 9. The molecule has 0 saturated carbocycles. The molecule has 2 aliphatic rings. The monoisotopic (exact) mass is 541 g/mol. The number of hydrogen-bond acceptors (Lipinski definition) is 6. The van der Waals surface area contributed by atoms with Gasteiger partial charge in [0.2, 0.25) is 5.91 Å². The highest BCUT2D eigenvalue weighted by molar-refractivity contribution is 6.01. The highest BCUT2D eigenvalue weighted by Gasteiger charge is 2.36. The number of halogens is 1. The van der Waals surface area contributed by atoms with Gasteiger partial charge in [-0.05, 0) is 36.2 Å². The number of ether oxygens (including phenoxy) is 1. The largest absolute Gasteiger partial charge is 0.495 e. The number of hydrogen-bond donors (Lipinski definition) is 3. The van der Waals surface area contributed by atoms with Gasteiger partial charge in [-0.1, -0.05) is 24.3 Å². The van der Waals surface area contributed by atoms with Crippen LogP contribution in [0.15, 0.2) is 42.5 Å². The second-order valence-electron chi connectivity index (χ2n) is 10.1. The highest BCUT2D eigenvalue weighted by atomic mass is 19.1. The summed E-state index contributed by atoms with van der Waals surface area (Å²) in [4.78, 5) is 42.4. The van der Waals surface area contributed by atoms with Crippen LogP contribution < -0.4 is 15.4 Å². The quantitative estimate of drug-likeness (QED) is 0.447. The van der Waals surface area contributed by atoms with Gasteiger partial charge in [-0.25, -0.2) is 9.18 Å². The third-order valence-corrected chi connectivity index (χ3v) is 7.24. The number of nitrogens with zero attached hydrogens (tertiary/aromatic N) is 3. The maximum absolute atomic E-state index is 14.4. The molecule has 2 heterocycles. The standard InChI is InChI=1S/C28H36FN5O5/c1-19-5-3-4-6-23(19)30-28(38)31-24-8-7-20(13-25(24)39-2)14-26(35)34-16-21(29)15-22(34)17-32-9-11-33(12-10-32)18-27(36)37/h3-8,13,21-22H,9-12,14-18H2,1-2H3,(H,36,37)(H2,30,31,38)/t21-,22?/m0/s1. The van der Waals surface area contributed by atoms with Crippen molar-refractivity contribution in [1.82, 2.24) is 14.7 Å². The fraction of sp³-hybridized carbons (Fsp3) is 0.464. The molecular weight excluding hydrogens is 505 g/mol. The Hall–Kier alpha value is -3.70. The second-order valence-corrected chi connectivity index (χ2v) is 10.1. The molecule has 0 radical (unpaired) electrons. The number of likely N-dealkylation sites (tertiary alicyclic amines) is 1. The number of methoxy groups -OCH3 is 1. The van der Waals surface area contributed by atoms with Crippen molar-refractivity contribution >= 4 is 29.3 Å². The van der Waals surface area contributed by atoms with Crippen molar-refractivity contribution in [3.8, 4) is 5.75 Å². The second kappa shape index (κ2) is 12.9. The van der Waals surface area contributed by atoms with Gasteiger partial charge >= 0.3 is 12.0 Å². The molecule has 3 amide bonds. The molecule has 0 aromatic heterocycles. The van der Waals surface area contributed by atoms with E-state index in [1.807, 2.05) is 36.1 Å². The summed E-state index contributed by atoms with van der Waals surface area (Å²) in [6, 6.07) is 12.0. The number of carboxylic acids is 1. The van der Waals surface area contributed by atoms with Crippen LogP contribution in [0.25, 0.3) is 0 Å². The van der Waals surface area contributed by atoms with Gasteiger partial charge in [-0.2, -0.15) is 0 Å². The van der Waals surface area contributed by atoms with E-state index < -0.39 is 18.2 Å². The molecule has 4 rings (SSSR count). The van der Waals surface area contributed by atoms with Crippen LogP contribution in [0.3, 0.4) is 0 Å². The predicted molar refractivity (Wildman–Crippen MR) is 146 cm³/mol. The van der Waals surface area contributed by atoms with Crippen molar-refractivity contribution in [3.63, 3.8) is 0 Å². The summed E-state index contributed by atoms with van der Waals surface area (Å²) in [5.41, 5.74) is 2.80. The minimum atomic E-state index is -1.07. The number of aliphatic carboxylic acids is 1. The normalized spacial score (nSPS) is 20.0. The summed E-state index contributed by atoms with van der Waals surface area (Å²) in [6.45, 7) is 5.19. The number of benzene rings is 2. The number of piperazine rings is 1. The van der Waals surface area contributed by atoms with E-state index in [0.29, 0.717) is 61.8 Å². The van der Waals surface area contributed by atoms with E-state index in [1.165, 1.54) is 7.11 Å². The minimum absolute atomic E-state index is 0.0174. The van der Waals surface area contributed by atoms with Crippen LogP contribution in [-0.2, 0) is 16.0 Å². The van der Waals surface area contributed by atoms with Crippen molar-refractivity contribution in [2.45, 2.75) is 32.0 Å². The van der Waals surface area contributed by atoms with Crippen molar-refractivity contribution < 1.29 is 28.6 Å². The molecule has 39 heavy (non-hydrogen) atoms. The Balaban J connectivity index is 1.34. The Morgan fingerprint density at radius 1 is 1.03 bits per heavy atom. The number of para-hydroxylation sites is 1. The number of urea groups is 1. The zero-order valence-electron chi connectivity index (χ0n) is 22.4. The van der Waals surface area contributed by atoms with Crippen LogP contribution in [0.2, 0.25) is 0 Å². The summed E-state index contributed by atoms with van der Waals surface area (Å²) in [5.74, 6) is -0.590. The SMILES string of the molecule is COc1cc(CC(=O)N2C[C@@H](F)CC2CN2CCN(CC(=O)O)CC2)ccc1NC(=O)Nc1ccccc1C. The van der Waals surface area contributed by atoms with E-state index in [-0.39, 0.29) is 31.5 Å². The Morgan fingerprint density at radius 2 is 1.72 bits per heavy atom. The van der Waals surface area contributed by atoms with Gasteiger partial charge in [-0.3, -0.25) is 19.4 Å². The van der Waals surface area contributed by atoms with E-state index >= 15 is 0 Å². The van der Waals surface area contributed by atoms with Crippen LogP contribution in [0, 0.1) is 6.92 Å². The fourth-order valence-electron chi connectivity index (χ4n) is 5.17. The minimum Gasteiger partial charge on any atom is -0.495 e. The number of nitrogens with one attached hydrogen (secondary N) is 2. The van der Waals surface area contributed by atoms with Crippen LogP contribution in [0.4, 0.5) is 20.6 Å². The maximum Gasteiger partial charge on any atom is 0.323 e. The third-order valence-electron chi connectivity index (χ3n) is 7.24. The molecule has 2 aliphatic heterocycles. The summed E-state index contributed by atoms with van der Waals surface area (Å²) in [6.07, 6.45) is -0.689. The fourth-order valence-corrected chi connectivity index (χ4v) is 5.17. The van der Waals surface area contributed by atoms with Crippen molar-refractivity contribution in [2.24, 2.45) is 0 Å². The van der Waals surface area contributed by atoms with E-state index in [9.17, 15) is 18.8 Å². The smallest absolute Gasteiger partial charge is 0.323 e. The van der Waals surface area contributed by atoms with Gasteiger partial charge in [0, 0.05) is 50.9 Å². The van der Waals surface area contributed by atoms with Crippen LogP contribution in [0.1, 0.15) is 17.5 Å². The average molecular weight is 542 g/mol. The third kappa shape index (κ3) is 7.67. The molecule has 2 aromatic carbocycles. The van der Waals surface area contributed by atoms with Crippen LogP contribution in [0.5, 0.6) is 5.75 Å². The first-order chi connectivity index (χ1) is 18.7. The molecule has 10 nitrogen and oxygen atoms in total. The van der Waals surface area contributed by atoms with Gasteiger partial charge in [0.1, 0.15) is 11.9 Å². The molecular formula is C28H36FN5O5.